The fraction of sp³-hybridized carbons (Fsp3) is 0.917. The molecule has 1 unspecified atom stereocenters. The average molecular weight is 243 g/mol. The number of morpholine rings is 1. The van der Waals surface area contributed by atoms with Gasteiger partial charge >= 0.3 is 5.97 Å². The summed E-state index contributed by atoms with van der Waals surface area (Å²) in [7, 11) is 0. The number of hydrogen-bond acceptors (Lipinski definition) is 4. The Morgan fingerprint density at radius 1 is 1.18 bits per heavy atom. The Balaban J connectivity index is 1.88. The molecule has 2 heterocycles. The Hall–Kier alpha value is -0.650. The average Bonchev–Trinajstić information content (AvgIpc) is 2.38. The summed E-state index contributed by atoms with van der Waals surface area (Å²) in [5.41, 5.74) is 0. The van der Waals surface area contributed by atoms with Crippen molar-refractivity contribution in [3.05, 3.63) is 0 Å². The van der Waals surface area contributed by atoms with Crippen LogP contribution in [-0.4, -0.2) is 62.0 Å². The molecule has 5 heteroatoms. The third-order valence-corrected chi connectivity index (χ3v) is 3.71. The Kier molecular flexibility index (Phi) is 4.76. The molecule has 0 bridgehead atoms. The lowest BCUT2D eigenvalue weighted by atomic mass is 9.85. The molecule has 98 valence electrons. The van der Waals surface area contributed by atoms with Crippen molar-refractivity contribution in [2.75, 3.05) is 46.1 Å². The molecule has 2 saturated heterocycles. The standard InChI is InChI=1S/C12H21NO4/c14-12(15)11(10-1-5-16-6-2-10)9-13-3-7-17-8-4-13/h10-11H,1-9H2,(H,14,15). The van der Waals surface area contributed by atoms with E-state index in [1.807, 2.05) is 0 Å². The van der Waals surface area contributed by atoms with Crippen LogP contribution >= 0.6 is 0 Å². The van der Waals surface area contributed by atoms with Crippen molar-refractivity contribution in [2.45, 2.75) is 12.8 Å². The van der Waals surface area contributed by atoms with Gasteiger partial charge in [0.25, 0.3) is 0 Å². The molecule has 2 aliphatic rings. The topological polar surface area (TPSA) is 59.0 Å². The van der Waals surface area contributed by atoms with Crippen molar-refractivity contribution in [1.29, 1.82) is 0 Å². The van der Waals surface area contributed by atoms with Gasteiger partial charge in [-0.15, -0.1) is 0 Å². The summed E-state index contributed by atoms with van der Waals surface area (Å²) in [5, 5.41) is 9.36. The molecule has 0 amide bonds. The number of carboxylic acid groups (broad SMARTS) is 1. The quantitative estimate of drug-likeness (QED) is 0.776. The van der Waals surface area contributed by atoms with Gasteiger partial charge in [-0.2, -0.15) is 0 Å². The minimum Gasteiger partial charge on any atom is -0.481 e. The van der Waals surface area contributed by atoms with Crippen LogP contribution in [0.25, 0.3) is 0 Å². The van der Waals surface area contributed by atoms with Crippen LogP contribution in [0.4, 0.5) is 0 Å². The zero-order chi connectivity index (χ0) is 12.1. The number of aliphatic carboxylic acids is 1. The largest absolute Gasteiger partial charge is 0.481 e. The van der Waals surface area contributed by atoms with E-state index in [0.717, 1.165) is 39.1 Å². The Bertz CT molecular complexity index is 247. The highest BCUT2D eigenvalue weighted by Crippen LogP contribution is 2.25. The molecular weight excluding hydrogens is 222 g/mol. The Labute approximate surface area is 102 Å². The number of hydrogen-bond donors (Lipinski definition) is 1. The van der Waals surface area contributed by atoms with E-state index in [0.29, 0.717) is 19.8 Å². The molecule has 5 nitrogen and oxygen atoms in total. The number of nitrogens with zero attached hydrogens (tertiary/aromatic N) is 1. The van der Waals surface area contributed by atoms with E-state index in [9.17, 15) is 9.90 Å². The van der Waals surface area contributed by atoms with E-state index in [1.54, 1.807) is 0 Å². The first kappa shape index (κ1) is 12.8. The van der Waals surface area contributed by atoms with Crippen LogP contribution in [0, 0.1) is 11.8 Å². The van der Waals surface area contributed by atoms with Crippen molar-refractivity contribution < 1.29 is 19.4 Å². The molecule has 0 aliphatic carbocycles. The Morgan fingerprint density at radius 2 is 1.76 bits per heavy atom. The van der Waals surface area contributed by atoms with Crippen molar-refractivity contribution in [3.8, 4) is 0 Å². The third kappa shape index (κ3) is 3.66. The minimum atomic E-state index is -0.664. The summed E-state index contributed by atoms with van der Waals surface area (Å²) in [4.78, 5) is 13.6. The van der Waals surface area contributed by atoms with Crippen LogP contribution in [0.15, 0.2) is 0 Å². The van der Waals surface area contributed by atoms with Crippen LogP contribution in [0.5, 0.6) is 0 Å². The minimum absolute atomic E-state index is 0.253. The predicted molar refractivity (Wildman–Crippen MR) is 61.9 cm³/mol. The summed E-state index contributed by atoms with van der Waals surface area (Å²) in [6, 6.07) is 0. The maximum absolute atomic E-state index is 11.4. The molecule has 2 aliphatic heterocycles. The molecule has 17 heavy (non-hydrogen) atoms. The lowest BCUT2D eigenvalue weighted by Crippen LogP contribution is -2.44. The van der Waals surface area contributed by atoms with E-state index >= 15 is 0 Å². The smallest absolute Gasteiger partial charge is 0.308 e. The van der Waals surface area contributed by atoms with E-state index in [1.165, 1.54) is 0 Å². The monoisotopic (exact) mass is 243 g/mol. The number of ether oxygens (including phenoxy) is 2. The van der Waals surface area contributed by atoms with Gasteiger partial charge in [-0.05, 0) is 18.8 Å². The zero-order valence-corrected chi connectivity index (χ0v) is 10.1. The van der Waals surface area contributed by atoms with Crippen molar-refractivity contribution in [1.82, 2.24) is 4.90 Å². The van der Waals surface area contributed by atoms with Gasteiger partial charge in [0.15, 0.2) is 0 Å². The second-order valence-corrected chi connectivity index (χ2v) is 4.81. The number of rotatable bonds is 4. The van der Waals surface area contributed by atoms with Gasteiger partial charge in [-0.1, -0.05) is 0 Å². The third-order valence-electron chi connectivity index (χ3n) is 3.71. The van der Waals surface area contributed by atoms with Crippen LogP contribution in [0.1, 0.15) is 12.8 Å². The van der Waals surface area contributed by atoms with Crippen molar-refractivity contribution in [2.24, 2.45) is 11.8 Å². The molecule has 0 aromatic heterocycles. The second kappa shape index (κ2) is 6.33. The highest BCUT2D eigenvalue weighted by molar-refractivity contribution is 5.70. The van der Waals surface area contributed by atoms with Crippen LogP contribution < -0.4 is 0 Å². The summed E-state index contributed by atoms with van der Waals surface area (Å²) >= 11 is 0. The highest BCUT2D eigenvalue weighted by Gasteiger charge is 2.31. The molecular formula is C12H21NO4. The van der Waals surface area contributed by atoms with Crippen LogP contribution in [-0.2, 0) is 14.3 Å². The first-order valence-corrected chi connectivity index (χ1v) is 6.38. The van der Waals surface area contributed by atoms with Gasteiger partial charge in [0.05, 0.1) is 19.1 Å². The molecule has 1 atom stereocenters. The molecule has 0 aromatic carbocycles. The first-order chi connectivity index (χ1) is 8.27. The lowest BCUT2D eigenvalue weighted by Gasteiger charge is -2.33. The van der Waals surface area contributed by atoms with Gasteiger partial charge in [0.2, 0.25) is 0 Å². The molecule has 0 spiro atoms. The summed E-state index contributed by atoms with van der Waals surface area (Å²) in [5.74, 6) is -0.649. The molecule has 1 N–H and O–H groups in total. The maximum Gasteiger partial charge on any atom is 0.308 e. The van der Waals surface area contributed by atoms with E-state index in [-0.39, 0.29) is 11.8 Å². The van der Waals surface area contributed by atoms with E-state index in [4.69, 9.17) is 9.47 Å². The number of carboxylic acids is 1. The normalized spacial score (nSPS) is 25.6. The van der Waals surface area contributed by atoms with Crippen molar-refractivity contribution in [3.63, 3.8) is 0 Å². The van der Waals surface area contributed by atoms with E-state index in [2.05, 4.69) is 4.90 Å². The van der Waals surface area contributed by atoms with Gasteiger partial charge < -0.3 is 14.6 Å². The van der Waals surface area contributed by atoms with Gasteiger partial charge in [0, 0.05) is 32.8 Å². The molecule has 2 rings (SSSR count). The van der Waals surface area contributed by atoms with Gasteiger partial charge in [-0.3, -0.25) is 9.69 Å². The zero-order valence-electron chi connectivity index (χ0n) is 10.1. The molecule has 0 saturated carbocycles. The van der Waals surface area contributed by atoms with Gasteiger partial charge in [0.1, 0.15) is 0 Å². The SMILES string of the molecule is O=C(O)C(CN1CCOCC1)C1CCOCC1. The van der Waals surface area contributed by atoms with Crippen molar-refractivity contribution >= 4 is 5.97 Å². The molecule has 0 radical (unpaired) electrons. The summed E-state index contributed by atoms with van der Waals surface area (Å²) in [6.07, 6.45) is 1.75. The first-order valence-electron chi connectivity index (χ1n) is 6.38. The molecule has 2 fully saturated rings. The molecule has 0 aromatic rings. The maximum atomic E-state index is 11.4. The summed E-state index contributed by atoms with van der Waals surface area (Å²) in [6.45, 7) is 5.22. The number of carbonyl (C=O) groups is 1. The predicted octanol–water partition coefficient (Wildman–Crippen LogP) is 0.446. The van der Waals surface area contributed by atoms with Crippen LogP contribution in [0.2, 0.25) is 0 Å². The van der Waals surface area contributed by atoms with Gasteiger partial charge in [-0.25, -0.2) is 0 Å². The lowest BCUT2D eigenvalue weighted by molar-refractivity contribution is -0.146. The Morgan fingerprint density at radius 3 is 2.35 bits per heavy atom. The fourth-order valence-corrected chi connectivity index (χ4v) is 2.61. The second-order valence-electron chi connectivity index (χ2n) is 4.81. The highest BCUT2D eigenvalue weighted by atomic mass is 16.5. The van der Waals surface area contributed by atoms with Crippen LogP contribution in [0.3, 0.4) is 0 Å². The van der Waals surface area contributed by atoms with E-state index < -0.39 is 5.97 Å². The fourth-order valence-electron chi connectivity index (χ4n) is 2.61. The summed E-state index contributed by atoms with van der Waals surface area (Å²) < 4.78 is 10.6.